The first-order valence-electron chi connectivity index (χ1n) is 5.58. The Labute approximate surface area is 112 Å². The SMILES string of the molecule is CCS(CC)([OH+]S(=O)(=O)C(F)(F)F)c1ccccc1. The van der Waals surface area contributed by atoms with E-state index < -0.39 is 25.9 Å². The lowest BCUT2D eigenvalue weighted by atomic mass is 10.4. The fourth-order valence-corrected chi connectivity index (χ4v) is 6.36. The fourth-order valence-electron chi connectivity index (χ4n) is 1.59. The van der Waals surface area contributed by atoms with Gasteiger partial charge in [0.25, 0.3) is 0 Å². The summed E-state index contributed by atoms with van der Waals surface area (Å²) in [5.74, 6) is 0.506. The molecule has 0 aliphatic heterocycles. The number of hydrogen-bond acceptors (Lipinski definition) is 2. The van der Waals surface area contributed by atoms with Gasteiger partial charge in [-0.1, -0.05) is 32.0 Å². The summed E-state index contributed by atoms with van der Waals surface area (Å²) in [4.78, 5) is 0.549. The van der Waals surface area contributed by atoms with E-state index in [4.69, 9.17) is 0 Å². The molecule has 0 aliphatic carbocycles. The van der Waals surface area contributed by atoms with E-state index in [1.165, 1.54) is 0 Å². The molecule has 0 saturated heterocycles. The van der Waals surface area contributed by atoms with Crippen LogP contribution in [0.25, 0.3) is 0 Å². The zero-order valence-electron chi connectivity index (χ0n) is 10.5. The van der Waals surface area contributed by atoms with Gasteiger partial charge < -0.3 is 0 Å². The minimum Gasteiger partial charge on any atom is -0.262 e. The Morgan fingerprint density at radius 1 is 1.05 bits per heavy atom. The molecular formula is C11H16F3O3S2+. The summed E-state index contributed by atoms with van der Waals surface area (Å²) < 4.78 is 63.3. The van der Waals surface area contributed by atoms with Crippen LogP contribution in [0.2, 0.25) is 0 Å². The normalized spacial score (nSPS) is 14.4. The monoisotopic (exact) mass is 317 g/mol. The van der Waals surface area contributed by atoms with Crippen LogP contribution in [0, 0.1) is 0 Å². The highest BCUT2D eigenvalue weighted by Crippen LogP contribution is 2.56. The molecule has 0 bridgehead atoms. The van der Waals surface area contributed by atoms with Crippen molar-refractivity contribution in [3.8, 4) is 0 Å². The second kappa shape index (κ2) is 5.72. The smallest absolute Gasteiger partial charge is 0.262 e. The van der Waals surface area contributed by atoms with Crippen LogP contribution in [0.15, 0.2) is 35.2 Å². The Morgan fingerprint density at radius 2 is 1.53 bits per heavy atom. The summed E-state index contributed by atoms with van der Waals surface area (Å²) in [7, 11) is -7.84. The van der Waals surface area contributed by atoms with E-state index in [-0.39, 0.29) is 11.5 Å². The molecule has 0 aliphatic rings. The van der Waals surface area contributed by atoms with Crippen molar-refractivity contribution in [3.05, 3.63) is 30.3 Å². The van der Waals surface area contributed by atoms with Gasteiger partial charge in [-0.05, 0) is 12.1 Å². The molecule has 8 heteroatoms. The molecule has 3 nitrogen and oxygen atoms in total. The zero-order valence-corrected chi connectivity index (χ0v) is 12.1. The van der Waals surface area contributed by atoms with Crippen molar-refractivity contribution in [3.63, 3.8) is 0 Å². The molecule has 110 valence electrons. The molecule has 19 heavy (non-hydrogen) atoms. The molecule has 0 aromatic heterocycles. The van der Waals surface area contributed by atoms with E-state index in [0.717, 1.165) is 0 Å². The van der Waals surface area contributed by atoms with Crippen molar-refractivity contribution in [2.45, 2.75) is 24.3 Å². The topological polar surface area (TPSA) is 46.9 Å². The van der Waals surface area contributed by atoms with Gasteiger partial charge in [-0.25, -0.2) is 0 Å². The fraction of sp³-hybridized carbons (Fsp3) is 0.455. The predicted molar refractivity (Wildman–Crippen MR) is 71.0 cm³/mol. The third-order valence-corrected chi connectivity index (χ3v) is 8.24. The van der Waals surface area contributed by atoms with Crippen molar-refractivity contribution in [2.24, 2.45) is 0 Å². The third-order valence-electron chi connectivity index (χ3n) is 2.67. The van der Waals surface area contributed by atoms with Crippen LogP contribution in [0.4, 0.5) is 13.2 Å². The van der Waals surface area contributed by atoms with E-state index in [2.05, 4.69) is 3.63 Å². The van der Waals surface area contributed by atoms with Crippen molar-refractivity contribution in [1.29, 1.82) is 0 Å². The molecule has 0 amide bonds. The number of halogens is 3. The Bertz CT molecular complexity index is 508. The zero-order chi connectivity index (χ0) is 14.7. The van der Waals surface area contributed by atoms with Crippen LogP contribution in [-0.2, 0) is 10.1 Å². The minimum atomic E-state index is -5.47. The summed E-state index contributed by atoms with van der Waals surface area (Å²) in [6.45, 7) is 3.31. The van der Waals surface area contributed by atoms with E-state index >= 15 is 0 Å². The molecule has 0 heterocycles. The molecule has 0 fully saturated rings. The Balaban J connectivity index is 3.24. The first kappa shape index (κ1) is 16.3. The molecule has 1 N–H and O–H groups in total. The highest BCUT2D eigenvalue weighted by molar-refractivity contribution is 8.32. The van der Waals surface area contributed by atoms with Gasteiger partial charge in [0.15, 0.2) is 0 Å². The summed E-state index contributed by atoms with van der Waals surface area (Å²) >= 11 is 0. The Kier molecular flexibility index (Phi) is 4.91. The van der Waals surface area contributed by atoms with Gasteiger partial charge in [0.2, 0.25) is 0 Å². The Hall–Kier alpha value is -0.730. The number of alkyl halides is 3. The third kappa shape index (κ3) is 3.43. The van der Waals surface area contributed by atoms with Crippen LogP contribution in [0.5, 0.6) is 0 Å². The van der Waals surface area contributed by atoms with Gasteiger partial charge >= 0.3 is 15.6 Å². The van der Waals surface area contributed by atoms with Crippen LogP contribution in [0.1, 0.15) is 13.8 Å². The molecule has 0 radical (unpaired) electrons. The van der Waals surface area contributed by atoms with Crippen LogP contribution in [0.3, 0.4) is 0 Å². The molecule has 0 saturated carbocycles. The summed E-state index contributed by atoms with van der Waals surface area (Å²) in [5.41, 5.74) is -5.34. The van der Waals surface area contributed by atoms with Crippen molar-refractivity contribution < 1.29 is 25.2 Å². The first-order valence-corrected chi connectivity index (χ1v) is 8.94. The molecule has 1 aromatic rings. The van der Waals surface area contributed by atoms with Crippen molar-refractivity contribution >= 4 is 20.4 Å². The van der Waals surface area contributed by atoms with Gasteiger partial charge in [-0.3, -0.25) is 3.63 Å². The largest absolute Gasteiger partial charge is 0.572 e. The maximum atomic E-state index is 12.5. The van der Waals surface area contributed by atoms with Crippen LogP contribution in [-0.4, -0.2) is 29.1 Å². The van der Waals surface area contributed by atoms with Crippen LogP contribution < -0.4 is 0 Å². The summed E-state index contributed by atoms with van der Waals surface area (Å²) in [6.07, 6.45) is 0. The minimum absolute atomic E-state index is 0.253. The summed E-state index contributed by atoms with van der Waals surface area (Å²) in [6, 6.07) is 8.29. The Morgan fingerprint density at radius 3 is 1.89 bits per heavy atom. The molecule has 1 rings (SSSR count). The van der Waals surface area contributed by atoms with E-state index in [9.17, 15) is 21.6 Å². The van der Waals surface area contributed by atoms with E-state index in [0.29, 0.717) is 4.90 Å². The lowest BCUT2D eigenvalue weighted by molar-refractivity contribution is -0.0540. The van der Waals surface area contributed by atoms with Gasteiger partial charge in [-0.15, -0.1) is 8.42 Å². The van der Waals surface area contributed by atoms with Gasteiger partial charge in [-0.2, -0.15) is 13.2 Å². The van der Waals surface area contributed by atoms with Gasteiger partial charge in [0, 0.05) is 21.8 Å². The number of hydrogen-bond donors (Lipinski definition) is 0. The molecular weight excluding hydrogens is 301 g/mol. The van der Waals surface area contributed by atoms with Gasteiger partial charge in [0.05, 0.1) is 4.90 Å². The lowest BCUT2D eigenvalue weighted by Crippen LogP contribution is -2.31. The highest BCUT2D eigenvalue weighted by Gasteiger charge is 2.56. The molecule has 0 unspecified atom stereocenters. The first-order chi connectivity index (χ1) is 8.68. The van der Waals surface area contributed by atoms with Gasteiger partial charge in [0.1, 0.15) is 0 Å². The molecule has 0 atom stereocenters. The quantitative estimate of drug-likeness (QED) is 0.472. The second-order valence-corrected chi connectivity index (χ2v) is 9.05. The lowest BCUT2D eigenvalue weighted by Gasteiger charge is -2.32. The highest BCUT2D eigenvalue weighted by atomic mass is 32.3. The molecule has 1 aromatic carbocycles. The number of benzene rings is 1. The van der Waals surface area contributed by atoms with Crippen LogP contribution >= 0.6 is 10.3 Å². The van der Waals surface area contributed by atoms with Crippen molar-refractivity contribution in [1.82, 2.24) is 0 Å². The maximum absolute atomic E-state index is 12.5. The second-order valence-electron chi connectivity index (χ2n) is 3.73. The van der Waals surface area contributed by atoms with Crippen molar-refractivity contribution in [2.75, 3.05) is 11.5 Å². The number of rotatable bonds is 5. The average Bonchev–Trinajstić information content (AvgIpc) is 2.36. The molecule has 0 spiro atoms. The van der Waals surface area contributed by atoms with E-state index in [1.54, 1.807) is 44.2 Å². The predicted octanol–water partition coefficient (Wildman–Crippen LogP) is 3.75. The average molecular weight is 317 g/mol. The summed E-state index contributed by atoms with van der Waals surface area (Å²) in [5, 5.41) is 0. The maximum Gasteiger partial charge on any atom is 0.572 e. The van der Waals surface area contributed by atoms with E-state index in [1.807, 2.05) is 0 Å². The standard InChI is InChI=1S/C11H15F3O3S2/c1-3-18(4-2,10-8-6-5-7-9-10)17-19(15,16)11(12,13)14/h5-9H,3-4H2,1-2H3/p+1.